The molecule has 0 bridgehead atoms. The van der Waals surface area contributed by atoms with Crippen molar-refractivity contribution in [3.63, 3.8) is 0 Å². The number of ether oxygens (including phenoxy) is 2. The van der Waals surface area contributed by atoms with E-state index in [9.17, 15) is 8.42 Å². The number of aromatic nitrogens is 1. The highest BCUT2D eigenvalue weighted by atomic mass is 79.9. The third-order valence-electron chi connectivity index (χ3n) is 4.19. The molecule has 26 heavy (non-hydrogen) atoms. The van der Waals surface area contributed by atoms with Crippen molar-refractivity contribution in [2.75, 3.05) is 19.7 Å². The van der Waals surface area contributed by atoms with Gasteiger partial charge in [0.1, 0.15) is 11.9 Å². The average Bonchev–Trinajstić information content (AvgIpc) is 3.08. The van der Waals surface area contributed by atoms with E-state index in [2.05, 4.69) is 20.9 Å². The van der Waals surface area contributed by atoms with Crippen LogP contribution in [0.15, 0.2) is 45.9 Å². The molecule has 0 radical (unpaired) electrons. The Morgan fingerprint density at radius 1 is 1.35 bits per heavy atom. The second-order valence-electron chi connectivity index (χ2n) is 6.04. The molecule has 3 rings (SSSR count). The van der Waals surface area contributed by atoms with E-state index in [1.807, 2.05) is 19.9 Å². The van der Waals surface area contributed by atoms with Crippen molar-refractivity contribution in [2.45, 2.75) is 31.3 Å². The maximum atomic E-state index is 12.9. The Labute approximate surface area is 162 Å². The van der Waals surface area contributed by atoms with Gasteiger partial charge in [-0.3, -0.25) is 0 Å². The van der Waals surface area contributed by atoms with Crippen LogP contribution in [0, 0.1) is 6.92 Å². The van der Waals surface area contributed by atoms with Crippen molar-refractivity contribution in [3.8, 4) is 11.6 Å². The lowest BCUT2D eigenvalue weighted by Crippen LogP contribution is -2.31. The molecule has 140 valence electrons. The molecule has 0 saturated carbocycles. The number of hydrogen-bond acceptors (Lipinski definition) is 5. The number of pyridine rings is 1. The summed E-state index contributed by atoms with van der Waals surface area (Å²) >= 11 is 3.39. The van der Waals surface area contributed by atoms with Crippen LogP contribution in [0.3, 0.4) is 0 Å². The van der Waals surface area contributed by atoms with Crippen LogP contribution >= 0.6 is 15.9 Å². The van der Waals surface area contributed by atoms with Crippen LogP contribution in [0.25, 0.3) is 0 Å². The van der Waals surface area contributed by atoms with Crippen LogP contribution < -0.4 is 9.47 Å². The number of sulfonamides is 1. The lowest BCUT2D eigenvalue weighted by atomic mass is 10.2. The second-order valence-corrected chi connectivity index (χ2v) is 8.83. The molecule has 0 spiro atoms. The van der Waals surface area contributed by atoms with Gasteiger partial charge in [-0.2, -0.15) is 4.31 Å². The minimum absolute atomic E-state index is 0.222. The van der Waals surface area contributed by atoms with E-state index in [1.165, 1.54) is 4.31 Å². The summed E-state index contributed by atoms with van der Waals surface area (Å²) in [7, 11) is -3.56. The summed E-state index contributed by atoms with van der Waals surface area (Å²) in [5.74, 6) is 1.18. The zero-order valence-electron chi connectivity index (χ0n) is 14.7. The lowest BCUT2D eigenvalue weighted by Gasteiger charge is -2.18. The fraction of sp³-hybridized carbons (Fsp3) is 0.389. The summed E-state index contributed by atoms with van der Waals surface area (Å²) in [6, 6.07) is 8.60. The molecule has 0 amide bonds. The first-order chi connectivity index (χ1) is 12.4. The van der Waals surface area contributed by atoms with E-state index < -0.39 is 10.0 Å². The van der Waals surface area contributed by atoms with E-state index in [1.54, 1.807) is 30.5 Å². The predicted molar refractivity (Wildman–Crippen MR) is 102 cm³/mol. The third kappa shape index (κ3) is 4.02. The molecule has 1 aromatic heterocycles. The second kappa shape index (κ2) is 7.94. The molecule has 2 aromatic rings. The van der Waals surface area contributed by atoms with Crippen molar-refractivity contribution >= 4 is 26.0 Å². The van der Waals surface area contributed by atoms with E-state index >= 15 is 0 Å². The molecule has 1 aliphatic heterocycles. The van der Waals surface area contributed by atoms with Gasteiger partial charge < -0.3 is 9.47 Å². The average molecular weight is 441 g/mol. The Morgan fingerprint density at radius 2 is 2.15 bits per heavy atom. The summed E-state index contributed by atoms with van der Waals surface area (Å²) in [6.07, 6.45) is 2.05. The maximum Gasteiger partial charge on any atom is 0.243 e. The number of benzene rings is 1. The number of hydrogen-bond donors (Lipinski definition) is 0. The normalized spacial score (nSPS) is 18.0. The summed E-state index contributed by atoms with van der Waals surface area (Å²) in [4.78, 5) is 4.45. The molecule has 1 atom stereocenters. The Bertz CT molecular complexity index is 889. The highest BCUT2D eigenvalue weighted by Crippen LogP contribution is 2.29. The molecule has 1 aliphatic rings. The SMILES string of the molecule is CCOc1ccc(S(=O)(=O)N2CCC(Oc3ncccc3Br)C2)cc1C. The summed E-state index contributed by atoms with van der Waals surface area (Å²) < 4.78 is 39.4. The summed E-state index contributed by atoms with van der Waals surface area (Å²) in [5, 5.41) is 0. The van der Waals surface area contributed by atoms with E-state index in [0.29, 0.717) is 37.7 Å². The van der Waals surface area contributed by atoms with E-state index in [4.69, 9.17) is 9.47 Å². The van der Waals surface area contributed by atoms with E-state index in [-0.39, 0.29) is 11.0 Å². The monoisotopic (exact) mass is 440 g/mol. The number of aryl methyl sites for hydroxylation is 1. The van der Waals surface area contributed by atoms with Crippen molar-refractivity contribution in [1.29, 1.82) is 0 Å². The summed E-state index contributed by atoms with van der Waals surface area (Å²) in [6.45, 7) is 5.01. The topological polar surface area (TPSA) is 68.7 Å². The highest BCUT2D eigenvalue weighted by molar-refractivity contribution is 9.10. The smallest absolute Gasteiger partial charge is 0.243 e. The maximum absolute atomic E-state index is 12.9. The highest BCUT2D eigenvalue weighted by Gasteiger charge is 2.34. The third-order valence-corrected chi connectivity index (χ3v) is 6.66. The Balaban J connectivity index is 1.73. The first-order valence-electron chi connectivity index (χ1n) is 8.42. The molecular weight excluding hydrogens is 420 g/mol. The Morgan fingerprint density at radius 3 is 2.85 bits per heavy atom. The zero-order valence-corrected chi connectivity index (χ0v) is 17.1. The quantitative estimate of drug-likeness (QED) is 0.688. The van der Waals surface area contributed by atoms with Crippen LogP contribution in [-0.2, 0) is 10.0 Å². The van der Waals surface area contributed by atoms with Crippen molar-refractivity contribution < 1.29 is 17.9 Å². The van der Waals surface area contributed by atoms with E-state index in [0.717, 1.165) is 10.0 Å². The van der Waals surface area contributed by atoms with Gasteiger partial charge in [-0.05, 0) is 72.1 Å². The Kier molecular flexibility index (Phi) is 5.84. The summed E-state index contributed by atoms with van der Waals surface area (Å²) in [5.41, 5.74) is 0.803. The van der Waals surface area contributed by atoms with Gasteiger partial charge in [0, 0.05) is 12.7 Å². The van der Waals surface area contributed by atoms with Gasteiger partial charge in [0.2, 0.25) is 15.9 Å². The fourth-order valence-electron chi connectivity index (χ4n) is 2.88. The van der Waals surface area contributed by atoms with Gasteiger partial charge in [0.15, 0.2) is 0 Å². The number of rotatable bonds is 6. The zero-order chi connectivity index (χ0) is 18.7. The van der Waals surface area contributed by atoms with Gasteiger partial charge in [0.05, 0.1) is 22.5 Å². The molecule has 2 heterocycles. The van der Waals surface area contributed by atoms with Crippen LogP contribution in [0.4, 0.5) is 0 Å². The molecule has 1 fully saturated rings. The largest absolute Gasteiger partial charge is 0.494 e. The molecule has 1 aromatic carbocycles. The van der Waals surface area contributed by atoms with Gasteiger partial charge in [-0.1, -0.05) is 0 Å². The number of nitrogens with zero attached hydrogens (tertiary/aromatic N) is 2. The molecule has 0 N–H and O–H groups in total. The van der Waals surface area contributed by atoms with Gasteiger partial charge in [-0.15, -0.1) is 0 Å². The minimum Gasteiger partial charge on any atom is -0.494 e. The first kappa shape index (κ1) is 19.1. The molecular formula is C18H21BrN2O4S. The van der Waals surface area contributed by atoms with Crippen molar-refractivity contribution in [2.24, 2.45) is 0 Å². The fourth-order valence-corrected chi connectivity index (χ4v) is 4.80. The minimum atomic E-state index is -3.56. The molecule has 6 nitrogen and oxygen atoms in total. The van der Waals surface area contributed by atoms with Crippen molar-refractivity contribution in [1.82, 2.24) is 9.29 Å². The van der Waals surface area contributed by atoms with Crippen LogP contribution in [0.1, 0.15) is 18.9 Å². The standard InChI is InChI=1S/C18H21BrN2O4S/c1-3-24-17-7-6-15(11-13(17)2)26(22,23)21-10-8-14(12-21)25-18-16(19)5-4-9-20-18/h4-7,9,11,14H,3,8,10,12H2,1-2H3. The van der Waals surface area contributed by atoms with Gasteiger partial charge in [0.25, 0.3) is 0 Å². The van der Waals surface area contributed by atoms with Gasteiger partial charge >= 0.3 is 0 Å². The first-order valence-corrected chi connectivity index (χ1v) is 10.7. The van der Waals surface area contributed by atoms with Crippen molar-refractivity contribution in [3.05, 3.63) is 46.6 Å². The Hall–Kier alpha value is -1.64. The van der Waals surface area contributed by atoms with Crippen LogP contribution in [0.5, 0.6) is 11.6 Å². The molecule has 8 heteroatoms. The molecule has 0 aliphatic carbocycles. The molecule has 1 saturated heterocycles. The number of halogens is 1. The molecule has 1 unspecified atom stereocenters. The van der Waals surface area contributed by atoms with Crippen LogP contribution in [-0.4, -0.2) is 43.5 Å². The van der Waals surface area contributed by atoms with Gasteiger partial charge in [-0.25, -0.2) is 13.4 Å². The van der Waals surface area contributed by atoms with Crippen LogP contribution in [0.2, 0.25) is 0 Å². The lowest BCUT2D eigenvalue weighted by molar-refractivity contribution is 0.205. The predicted octanol–water partition coefficient (Wildman–Crippen LogP) is 3.39.